The van der Waals surface area contributed by atoms with Crippen molar-refractivity contribution in [2.45, 2.75) is 200 Å². The van der Waals surface area contributed by atoms with Crippen LogP contribution in [-0.4, -0.2) is 64.7 Å². The summed E-state index contributed by atoms with van der Waals surface area (Å²) >= 11 is 0. The lowest BCUT2D eigenvalue weighted by Gasteiger charge is -2.58. The molecule has 7 nitrogen and oxygen atoms in total. The molecule has 1 heterocycles. The van der Waals surface area contributed by atoms with E-state index in [2.05, 4.69) is 47.6 Å². The van der Waals surface area contributed by atoms with E-state index < -0.39 is 30.7 Å². The lowest BCUT2D eigenvalue weighted by molar-refractivity contribution is -0.313. The molecule has 0 aromatic heterocycles. The monoisotopic (exact) mass is 703 g/mol. The Labute approximate surface area is 304 Å². The molecule has 0 unspecified atom stereocenters. The number of fused-ring (bicyclic) bond motifs is 5. The van der Waals surface area contributed by atoms with Crippen molar-refractivity contribution in [2.24, 2.45) is 46.3 Å². The number of ether oxygens (including phenoxy) is 3. The molecule has 4 fully saturated rings. The molecule has 1 saturated heterocycles. The van der Waals surface area contributed by atoms with Gasteiger partial charge in [0, 0.05) is 6.42 Å². The first kappa shape index (κ1) is 40.2. The fourth-order valence-corrected chi connectivity index (χ4v) is 11.6. The van der Waals surface area contributed by atoms with Gasteiger partial charge in [-0.15, -0.1) is 0 Å². The average Bonchev–Trinajstić information content (AvgIpc) is 3.44. The predicted octanol–water partition coefficient (Wildman–Crippen LogP) is 8.90. The molecule has 0 bridgehead atoms. The Morgan fingerprint density at radius 2 is 1.62 bits per heavy atom. The van der Waals surface area contributed by atoms with E-state index in [0.29, 0.717) is 17.8 Å². The van der Waals surface area contributed by atoms with E-state index in [1.807, 2.05) is 0 Å². The normalized spacial score (nSPS) is 40.5. The van der Waals surface area contributed by atoms with E-state index in [9.17, 15) is 20.1 Å². The van der Waals surface area contributed by atoms with Gasteiger partial charge in [0.05, 0.1) is 6.10 Å². The third-order valence-electron chi connectivity index (χ3n) is 14.6. The van der Waals surface area contributed by atoms with Crippen LogP contribution in [0.3, 0.4) is 0 Å². The molecular formula is C43H74O7. The highest BCUT2D eigenvalue weighted by Crippen LogP contribution is 2.67. The van der Waals surface area contributed by atoms with Crippen LogP contribution in [0, 0.1) is 46.3 Å². The van der Waals surface area contributed by atoms with Crippen LogP contribution >= 0.6 is 0 Å². The van der Waals surface area contributed by atoms with Gasteiger partial charge >= 0.3 is 5.97 Å². The van der Waals surface area contributed by atoms with Crippen LogP contribution < -0.4 is 0 Å². The molecule has 3 N–H and O–H groups in total. The summed E-state index contributed by atoms with van der Waals surface area (Å²) in [5.74, 6) is 4.45. The number of hydrogen-bond acceptors (Lipinski definition) is 7. The summed E-state index contributed by atoms with van der Waals surface area (Å²) in [6, 6.07) is 0. The smallest absolute Gasteiger partial charge is 0.305 e. The van der Waals surface area contributed by atoms with E-state index in [1.54, 1.807) is 0 Å². The van der Waals surface area contributed by atoms with Gasteiger partial charge in [-0.1, -0.05) is 111 Å². The van der Waals surface area contributed by atoms with Gasteiger partial charge in [-0.25, -0.2) is 0 Å². The summed E-state index contributed by atoms with van der Waals surface area (Å²) in [5.41, 5.74) is 2.15. The minimum Gasteiger partial charge on any atom is -0.463 e. The van der Waals surface area contributed by atoms with Gasteiger partial charge in [0.1, 0.15) is 31.0 Å². The Hall–Kier alpha value is -0.990. The van der Waals surface area contributed by atoms with Gasteiger partial charge in [0.25, 0.3) is 0 Å². The van der Waals surface area contributed by atoms with Gasteiger partial charge < -0.3 is 29.5 Å². The zero-order chi connectivity index (χ0) is 36.1. The minimum atomic E-state index is -1.44. The highest BCUT2D eigenvalue weighted by Gasteiger charge is 2.59. The SMILES string of the molecule is CCCCCCCCCC(=O)OC[C@H]1O[C@@H](O[C@H]2CC[C@@]3(C)C(=CC[C@H]4[C@@H]5CC[C@H]([C@H](C)CCCC(C)C)[C@@]5(C)CC[C@@H]43)C2)[C@H](O)[C@@H](O)[C@H]1O. The van der Waals surface area contributed by atoms with Crippen LogP contribution in [0.5, 0.6) is 0 Å². The molecule has 13 atom stereocenters. The Bertz CT molecular complexity index is 1110. The zero-order valence-electron chi connectivity index (χ0n) is 32.6. The largest absolute Gasteiger partial charge is 0.463 e. The molecule has 4 aliphatic carbocycles. The molecule has 7 heteroatoms. The number of aliphatic hydroxyl groups excluding tert-OH is 3. The van der Waals surface area contributed by atoms with E-state index in [0.717, 1.165) is 74.5 Å². The minimum absolute atomic E-state index is 0.134. The number of allylic oxidation sites excluding steroid dienone is 1. The number of rotatable bonds is 17. The maximum absolute atomic E-state index is 12.4. The van der Waals surface area contributed by atoms with Gasteiger partial charge in [0.2, 0.25) is 0 Å². The molecule has 1 aliphatic heterocycles. The number of aliphatic hydroxyl groups is 3. The molecule has 0 aromatic rings. The Balaban J connectivity index is 1.13. The first-order chi connectivity index (χ1) is 23.9. The Morgan fingerprint density at radius 3 is 2.36 bits per heavy atom. The van der Waals surface area contributed by atoms with Gasteiger partial charge in [0.15, 0.2) is 6.29 Å². The Kier molecular flexibility index (Phi) is 14.4. The topological polar surface area (TPSA) is 105 Å². The predicted molar refractivity (Wildman–Crippen MR) is 198 cm³/mol. The van der Waals surface area contributed by atoms with Crippen LogP contribution in [0.4, 0.5) is 0 Å². The first-order valence-electron chi connectivity index (χ1n) is 21.1. The van der Waals surface area contributed by atoms with Crippen molar-refractivity contribution < 1.29 is 34.3 Å². The summed E-state index contributed by atoms with van der Waals surface area (Å²) in [6.45, 7) is 14.4. The molecule has 0 amide bonds. The average molecular weight is 703 g/mol. The molecule has 0 radical (unpaired) electrons. The fraction of sp³-hybridized carbons (Fsp3) is 0.930. The van der Waals surface area contributed by atoms with Gasteiger partial charge in [-0.05, 0) is 104 Å². The summed E-state index contributed by atoms with van der Waals surface area (Å²) in [4.78, 5) is 12.4. The van der Waals surface area contributed by atoms with Crippen LogP contribution in [0.2, 0.25) is 0 Å². The van der Waals surface area contributed by atoms with E-state index in [-0.39, 0.29) is 24.1 Å². The molecule has 50 heavy (non-hydrogen) atoms. The zero-order valence-corrected chi connectivity index (χ0v) is 32.6. The van der Waals surface area contributed by atoms with Gasteiger partial charge in [-0.2, -0.15) is 0 Å². The van der Waals surface area contributed by atoms with E-state index >= 15 is 0 Å². The van der Waals surface area contributed by atoms with Crippen LogP contribution in [-0.2, 0) is 19.0 Å². The van der Waals surface area contributed by atoms with Crippen LogP contribution in [0.1, 0.15) is 164 Å². The second-order valence-corrected chi connectivity index (χ2v) is 18.4. The third-order valence-corrected chi connectivity index (χ3v) is 14.6. The number of carbonyl (C=O) groups is 1. The second kappa shape index (κ2) is 17.9. The van der Waals surface area contributed by atoms with Crippen molar-refractivity contribution in [3.63, 3.8) is 0 Å². The highest BCUT2D eigenvalue weighted by molar-refractivity contribution is 5.69. The summed E-state index contributed by atoms with van der Waals surface area (Å²) in [6.07, 6.45) is 17.8. The van der Waals surface area contributed by atoms with Crippen molar-refractivity contribution in [3.8, 4) is 0 Å². The lowest BCUT2D eigenvalue weighted by atomic mass is 9.47. The molecule has 288 valence electrons. The molecule has 0 spiro atoms. The number of carbonyl (C=O) groups excluding carboxylic acids is 1. The van der Waals surface area contributed by atoms with Crippen LogP contribution in [0.25, 0.3) is 0 Å². The molecule has 0 aromatic carbocycles. The third kappa shape index (κ3) is 9.02. The number of unbranched alkanes of at least 4 members (excludes halogenated alkanes) is 6. The van der Waals surface area contributed by atoms with Crippen molar-refractivity contribution in [3.05, 3.63) is 11.6 Å². The second-order valence-electron chi connectivity index (χ2n) is 18.4. The molecule has 5 rings (SSSR count). The lowest BCUT2D eigenvalue weighted by Crippen LogP contribution is -2.60. The standard InChI is InChI=1S/C43H74O7/c1-7-8-9-10-11-12-13-17-37(44)48-27-36-38(45)39(46)40(47)41(50-36)49-31-22-24-42(5)30(26-31)18-19-32-34-21-20-33(29(4)16-14-15-28(2)3)43(34,6)25-23-35(32)42/h18,28-29,31-36,38-41,45-47H,7-17,19-27H2,1-6H3/t29-,31+,32+,33-,34+,35+,36-,38+,39+,40-,41-,42+,43-/m1/s1. The first-order valence-corrected chi connectivity index (χ1v) is 21.1. The molecular weight excluding hydrogens is 628 g/mol. The summed E-state index contributed by atoms with van der Waals surface area (Å²) < 4.78 is 17.9. The quantitative estimate of drug-likeness (QED) is 0.0790. The highest BCUT2D eigenvalue weighted by atomic mass is 16.7. The Morgan fingerprint density at radius 1 is 0.880 bits per heavy atom. The maximum atomic E-state index is 12.4. The van der Waals surface area contributed by atoms with Gasteiger partial charge in [-0.3, -0.25) is 4.79 Å². The molecule has 3 saturated carbocycles. The van der Waals surface area contributed by atoms with Crippen molar-refractivity contribution in [1.82, 2.24) is 0 Å². The van der Waals surface area contributed by atoms with Crippen molar-refractivity contribution in [1.29, 1.82) is 0 Å². The van der Waals surface area contributed by atoms with Crippen molar-refractivity contribution in [2.75, 3.05) is 6.61 Å². The van der Waals surface area contributed by atoms with E-state index in [1.165, 1.54) is 76.2 Å². The maximum Gasteiger partial charge on any atom is 0.305 e. The fourth-order valence-electron chi connectivity index (χ4n) is 11.6. The summed E-state index contributed by atoms with van der Waals surface area (Å²) in [7, 11) is 0. The van der Waals surface area contributed by atoms with E-state index in [4.69, 9.17) is 14.2 Å². The number of hydrogen-bond donors (Lipinski definition) is 3. The summed E-state index contributed by atoms with van der Waals surface area (Å²) in [5, 5.41) is 32.2. The van der Waals surface area contributed by atoms with Crippen LogP contribution in [0.15, 0.2) is 11.6 Å². The molecule has 5 aliphatic rings. The van der Waals surface area contributed by atoms with Crippen molar-refractivity contribution >= 4 is 5.97 Å². The number of esters is 1.